The number of nitrogens with one attached hydrogen (secondary N) is 1. The van der Waals surface area contributed by atoms with Crippen molar-refractivity contribution < 1.29 is 13.2 Å². The van der Waals surface area contributed by atoms with Gasteiger partial charge < -0.3 is 10.1 Å². The molecule has 0 saturated carbocycles. The van der Waals surface area contributed by atoms with E-state index in [0.717, 1.165) is 5.69 Å². The average Bonchev–Trinajstić information content (AvgIpc) is 2.29. The van der Waals surface area contributed by atoms with Crippen LogP contribution < -0.4 is 10.1 Å². The van der Waals surface area contributed by atoms with E-state index in [4.69, 9.17) is 16.3 Å². The number of sulfone groups is 1. The highest BCUT2D eigenvalue weighted by Crippen LogP contribution is 2.26. The van der Waals surface area contributed by atoms with Crippen LogP contribution >= 0.6 is 11.6 Å². The Hall–Kier alpha value is -0.940. The minimum Gasteiger partial charge on any atom is -0.495 e. The molecule has 0 unspecified atom stereocenters. The van der Waals surface area contributed by atoms with Crippen LogP contribution in [0.4, 0.5) is 5.69 Å². The second-order valence-corrected chi connectivity index (χ2v) is 6.64. The van der Waals surface area contributed by atoms with Gasteiger partial charge in [0, 0.05) is 18.0 Å². The molecule has 0 aliphatic rings. The first-order chi connectivity index (χ1) is 8.48. The van der Waals surface area contributed by atoms with Gasteiger partial charge in [-0.15, -0.1) is 0 Å². The predicted octanol–water partition coefficient (Wildman–Crippen LogP) is 2.59. The normalized spacial score (nSPS) is 11.3. The summed E-state index contributed by atoms with van der Waals surface area (Å²) in [5.41, 5.74) is 0.785. The lowest BCUT2D eigenvalue weighted by Gasteiger charge is -2.09. The van der Waals surface area contributed by atoms with Gasteiger partial charge in [-0.1, -0.05) is 18.5 Å². The molecule has 0 atom stereocenters. The first kappa shape index (κ1) is 15.1. The number of methoxy groups -OCH3 is 1. The van der Waals surface area contributed by atoms with Crippen molar-refractivity contribution in [1.29, 1.82) is 0 Å². The van der Waals surface area contributed by atoms with Gasteiger partial charge in [-0.2, -0.15) is 0 Å². The molecule has 6 heteroatoms. The van der Waals surface area contributed by atoms with Crippen molar-refractivity contribution in [3.63, 3.8) is 0 Å². The molecule has 0 fully saturated rings. The monoisotopic (exact) mass is 291 g/mol. The van der Waals surface area contributed by atoms with Crippen LogP contribution in [0.3, 0.4) is 0 Å². The maximum absolute atomic E-state index is 11.5. The van der Waals surface area contributed by atoms with Crippen molar-refractivity contribution in [3.8, 4) is 5.75 Å². The molecule has 0 aliphatic heterocycles. The van der Waals surface area contributed by atoms with Crippen molar-refractivity contribution in [2.45, 2.75) is 13.3 Å². The Morgan fingerprint density at radius 1 is 1.33 bits per heavy atom. The number of rotatable bonds is 7. The summed E-state index contributed by atoms with van der Waals surface area (Å²) in [7, 11) is -1.40. The van der Waals surface area contributed by atoms with Crippen LogP contribution in [0.2, 0.25) is 5.02 Å². The van der Waals surface area contributed by atoms with Gasteiger partial charge in [-0.25, -0.2) is 8.42 Å². The Labute approximate surface area is 113 Å². The molecule has 0 aromatic heterocycles. The molecule has 1 aromatic rings. The van der Waals surface area contributed by atoms with Crippen molar-refractivity contribution in [3.05, 3.63) is 23.2 Å². The van der Waals surface area contributed by atoms with Gasteiger partial charge in [-0.05, 0) is 24.6 Å². The van der Waals surface area contributed by atoms with Gasteiger partial charge in [0.15, 0.2) is 9.84 Å². The number of anilines is 1. The van der Waals surface area contributed by atoms with E-state index in [9.17, 15) is 8.42 Å². The minimum absolute atomic E-state index is 0.129. The molecule has 1 aromatic carbocycles. The molecule has 0 bridgehead atoms. The zero-order valence-electron chi connectivity index (χ0n) is 10.6. The second-order valence-electron chi connectivity index (χ2n) is 3.93. The van der Waals surface area contributed by atoms with E-state index in [1.807, 2.05) is 6.92 Å². The molecule has 0 heterocycles. The summed E-state index contributed by atoms with van der Waals surface area (Å²) in [4.78, 5) is 0. The molecule has 0 saturated heterocycles. The Morgan fingerprint density at radius 2 is 2.06 bits per heavy atom. The zero-order valence-corrected chi connectivity index (χ0v) is 12.1. The third-order valence-corrected chi connectivity index (χ3v) is 4.56. The lowest BCUT2D eigenvalue weighted by atomic mass is 10.3. The van der Waals surface area contributed by atoms with E-state index in [0.29, 0.717) is 23.7 Å². The first-order valence-corrected chi connectivity index (χ1v) is 7.96. The molecule has 0 amide bonds. The van der Waals surface area contributed by atoms with Crippen LogP contribution in [0.5, 0.6) is 5.75 Å². The van der Waals surface area contributed by atoms with Crippen molar-refractivity contribution >= 4 is 27.1 Å². The van der Waals surface area contributed by atoms with Crippen LogP contribution in [-0.4, -0.2) is 33.6 Å². The topological polar surface area (TPSA) is 55.4 Å². The van der Waals surface area contributed by atoms with Gasteiger partial charge in [0.05, 0.1) is 17.9 Å². The van der Waals surface area contributed by atoms with E-state index >= 15 is 0 Å². The average molecular weight is 292 g/mol. The number of benzene rings is 1. The standard InChI is InChI=1S/C12H18ClNO3S/c1-3-7-18(15,16)8-6-14-10-4-5-12(17-2)11(13)9-10/h4-5,9,14H,3,6-8H2,1-2H3. The Kier molecular flexibility index (Phi) is 5.75. The fourth-order valence-electron chi connectivity index (χ4n) is 1.54. The third-order valence-electron chi connectivity index (χ3n) is 2.41. The fourth-order valence-corrected chi connectivity index (χ4v) is 3.04. The number of hydrogen-bond donors (Lipinski definition) is 1. The van der Waals surface area contributed by atoms with Crippen molar-refractivity contribution in [2.24, 2.45) is 0 Å². The van der Waals surface area contributed by atoms with Crippen LogP contribution in [0.25, 0.3) is 0 Å². The molecule has 4 nitrogen and oxygen atoms in total. The van der Waals surface area contributed by atoms with E-state index in [1.54, 1.807) is 25.3 Å². The predicted molar refractivity (Wildman–Crippen MR) is 75.4 cm³/mol. The Morgan fingerprint density at radius 3 is 2.61 bits per heavy atom. The number of halogens is 1. The van der Waals surface area contributed by atoms with Crippen LogP contribution in [0, 0.1) is 0 Å². The van der Waals surface area contributed by atoms with E-state index in [2.05, 4.69) is 5.32 Å². The minimum atomic E-state index is -2.94. The van der Waals surface area contributed by atoms with Crippen LogP contribution in [-0.2, 0) is 9.84 Å². The molecule has 0 spiro atoms. The molecular formula is C12H18ClNO3S. The first-order valence-electron chi connectivity index (χ1n) is 5.76. The van der Waals surface area contributed by atoms with E-state index in [1.165, 1.54) is 0 Å². The number of ether oxygens (including phenoxy) is 1. The fraction of sp³-hybridized carbons (Fsp3) is 0.500. The molecule has 0 radical (unpaired) electrons. The maximum Gasteiger partial charge on any atom is 0.152 e. The number of hydrogen-bond acceptors (Lipinski definition) is 4. The highest BCUT2D eigenvalue weighted by Gasteiger charge is 2.08. The van der Waals surface area contributed by atoms with Gasteiger partial charge in [-0.3, -0.25) is 0 Å². The molecular weight excluding hydrogens is 274 g/mol. The Bertz CT molecular complexity index is 488. The van der Waals surface area contributed by atoms with E-state index < -0.39 is 9.84 Å². The largest absolute Gasteiger partial charge is 0.495 e. The zero-order chi connectivity index (χ0) is 13.6. The van der Waals surface area contributed by atoms with Gasteiger partial charge in [0.2, 0.25) is 0 Å². The van der Waals surface area contributed by atoms with Gasteiger partial charge in [0.1, 0.15) is 5.75 Å². The highest BCUT2D eigenvalue weighted by atomic mass is 35.5. The summed E-state index contributed by atoms with van der Waals surface area (Å²) in [6.07, 6.45) is 0.650. The molecule has 0 aliphatic carbocycles. The molecule has 102 valence electrons. The smallest absolute Gasteiger partial charge is 0.152 e. The maximum atomic E-state index is 11.5. The molecule has 1 rings (SSSR count). The summed E-state index contributed by atoms with van der Waals surface area (Å²) in [6, 6.07) is 5.26. The molecule has 1 N–H and O–H groups in total. The summed E-state index contributed by atoms with van der Waals surface area (Å²) in [5.74, 6) is 0.962. The lowest BCUT2D eigenvalue weighted by molar-refractivity contribution is 0.415. The highest BCUT2D eigenvalue weighted by molar-refractivity contribution is 7.91. The molecule has 18 heavy (non-hydrogen) atoms. The van der Waals surface area contributed by atoms with Crippen LogP contribution in [0.15, 0.2) is 18.2 Å². The Balaban J connectivity index is 2.52. The summed E-state index contributed by atoms with van der Waals surface area (Å²) >= 11 is 5.96. The van der Waals surface area contributed by atoms with Gasteiger partial charge >= 0.3 is 0 Å². The summed E-state index contributed by atoms with van der Waals surface area (Å²) < 4.78 is 28.0. The summed E-state index contributed by atoms with van der Waals surface area (Å²) in [5, 5.41) is 3.53. The SMILES string of the molecule is CCCS(=O)(=O)CCNc1ccc(OC)c(Cl)c1. The lowest BCUT2D eigenvalue weighted by Crippen LogP contribution is -2.18. The third kappa shape index (κ3) is 4.74. The van der Waals surface area contributed by atoms with Gasteiger partial charge in [0.25, 0.3) is 0 Å². The van der Waals surface area contributed by atoms with Crippen LogP contribution in [0.1, 0.15) is 13.3 Å². The van der Waals surface area contributed by atoms with Crippen molar-refractivity contribution in [2.75, 3.05) is 30.5 Å². The van der Waals surface area contributed by atoms with E-state index in [-0.39, 0.29) is 11.5 Å². The summed E-state index contributed by atoms with van der Waals surface area (Å²) in [6.45, 7) is 2.24. The van der Waals surface area contributed by atoms with Crippen molar-refractivity contribution in [1.82, 2.24) is 0 Å². The second kappa shape index (κ2) is 6.85. The quantitative estimate of drug-likeness (QED) is 0.839.